The van der Waals surface area contributed by atoms with E-state index in [9.17, 15) is 17.6 Å². The molecule has 11 heteroatoms. The maximum absolute atomic E-state index is 14.6. The minimum Gasteiger partial charge on any atom is -0.255 e. The largest absolute Gasteiger partial charge is 0.349 e. The predicted molar refractivity (Wildman–Crippen MR) is 106 cm³/mol. The van der Waals surface area contributed by atoms with E-state index in [4.69, 9.17) is 0 Å². The quantitative estimate of drug-likeness (QED) is 0.460. The summed E-state index contributed by atoms with van der Waals surface area (Å²) >= 11 is 3.18. The summed E-state index contributed by atoms with van der Waals surface area (Å²) in [4.78, 5) is 17.3. The van der Waals surface area contributed by atoms with E-state index in [2.05, 4.69) is 26.0 Å². The van der Waals surface area contributed by atoms with Crippen molar-refractivity contribution >= 4 is 42.8 Å². The number of aromatic nitrogens is 5. The summed E-state index contributed by atoms with van der Waals surface area (Å²) in [5, 5.41) is 3.44. The summed E-state index contributed by atoms with van der Waals surface area (Å²) in [7, 11) is -4.05. The van der Waals surface area contributed by atoms with Gasteiger partial charge in [0.05, 0.1) is 10.9 Å². The van der Waals surface area contributed by atoms with Crippen LogP contribution >= 0.6 is 15.9 Å². The topological polar surface area (TPSA) is 91.3 Å². The Kier molecular flexibility index (Phi) is 4.38. The molecule has 1 atom stereocenters. The van der Waals surface area contributed by atoms with Gasteiger partial charge in [-0.1, -0.05) is 22.9 Å². The van der Waals surface area contributed by atoms with Crippen molar-refractivity contribution in [1.29, 1.82) is 0 Å². The molecule has 28 heavy (non-hydrogen) atoms. The smallest absolute Gasteiger partial charge is 0.255 e. The van der Waals surface area contributed by atoms with Crippen LogP contribution in [0.1, 0.15) is 20.3 Å². The second kappa shape index (κ2) is 6.52. The number of imidazole rings is 2. The second-order valence-corrected chi connectivity index (χ2v) is 9.44. The van der Waals surface area contributed by atoms with Crippen LogP contribution in [0.5, 0.6) is 0 Å². The van der Waals surface area contributed by atoms with Gasteiger partial charge in [-0.3, -0.25) is 4.57 Å². The van der Waals surface area contributed by atoms with Crippen LogP contribution in [-0.4, -0.2) is 36.8 Å². The molecule has 1 aromatic carbocycles. The highest BCUT2D eigenvalue weighted by Crippen LogP contribution is 2.24. The fraction of sp³-hybridized carbons (Fsp3) is 0.235. The first-order valence-corrected chi connectivity index (χ1v) is 10.7. The zero-order valence-electron chi connectivity index (χ0n) is 14.9. The molecule has 0 radical (unpaired) electrons. The summed E-state index contributed by atoms with van der Waals surface area (Å²) < 4.78 is 44.2. The minimum atomic E-state index is -4.05. The average Bonchev–Trinajstić information content (AvgIpc) is 3.20. The Hall–Kier alpha value is -2.53. The Morgan fingerprint density at radius 3 is 2.71 bits per heavy atom. The van der Waals surface area contributed by atoms with Crippen molar-refractivity contribution < 1.29 is 12.8 Å². The monoisotopic (exact) mass is 467 g/mol. The third-order valence-electron chi connectivity index (χ3n) is 4.63. The summed E-state index contributed by atoms with van der Waals surface area (Å²) in [5.74, 6) is -0.681. The lowest BCUT2D eigenvalue weighted by molar-refractivity contribution is 0.569. The van der Waals surface area contributed by atoms with Gasteiger partial charge in [-0.15, -0.1) is 5.10 Å². The molecule has 1 unspecified atom stereocenters. The van der Waals surface area contributed by atoms with E-state index in [1.54, 1.807) is 13.0 Å². The first-order valence-electron chi connectivity index (χ1n) is 8.43. The summed E-state index contributed by atoms with van der Waals surface area (Å²) in [6.45, 7) is 3.23. The summed E-state index contributed by atoms with van der Waals surface area (Å²) in [6, 6.07) is 5.68. The minimum absolute atomic E-state index is 0.0750. The van der Waals surface area contributed by atoms with Gasteiger partial charge in [0.1, 0.15) is 11.3 Å². The van der Waals surface area contributed by atoms with Gasteiger partial charge < -0.3 is 0 Å². The van der Waals surface area contributed by atoms with Crippen LogP contribution in [0.4, 0.5) is 4.39 Å². The SMILES string of the molecule is CCC(C)S(=O)(=O)n1c(=O)n(-c2ccc(Br)cc2F)c2cc3nccn3nc21. The standard InChI is InChI=1S/C17H15BrFN5O3S/c1-3-10(2)28(26,27)24-16-14(9-15-20-6-7-22(15)21-16)23(17(24)25)13-5-4-11(18)8-12(13)19/h4-10H,3H2,1-2H3. The third-order valence-corrected chi connectivity index (χ3v) is 7.32. The van der Waals surface area contributed by atoms with Crippen molar-refractivity contribution in [3.63, 3.8) is 0 Å². The summed E-state index contributed by atoms with van der Waals surface area (Å²) in [5.41, 5.74) is -0.516. The molecule has 3 aromatic heterocycles. The second-order valence-electron chi connectivity index (χ2n) is 6.33. The molecule has 0 saturated carbocycles. The normalized spacial score (nSPS) is 13.4. The first kappa shape index (κ1) is 18.8. The number of hydrogen-bond acceptors (Lipinski definition) is 5. The summed E-state index contributed by atoms with van der Waals surface area (Å²) in [6.07, 6.45) is 3.34. The zero-order chi connectivity index (χ0) is 20.2. The van der Waals surface area contributed by atoms with E-state index < -0.39 is 26.8 Å². The Labute approximate surface area is 167 Å². The molecule has 0 aliphatic carbocycles. The molecule has 0 aliphatic rings. The van der Waals surface area contributed by atoms with Gasteiger partial charge in [0.15, 0.2) is 11.3 Å². The van der Waals surface area contributed by atoms with Gasteiger partial charge in [0.2, 0.25) is 10.0 Å². The number of hydrogen-bond donors (Lipinski definition) is 0. The lowest BCUT2D eigenvalue weighted by atomic mass is 10.3. The van der Waals surface area contributed by atoms with E-state index in [0.29, 0.717) is 20.5 Å². The molecule has 8 nitrogen and oxygen atoms in total. The molecule has 4 rings (SSSR count). The van der Waals surface area contributed by atoms with Crippen molar-refractivity contribution in [2.75, 3.05) is 0 Å². The van der Waals surface area contributed by atoms with Gasteiger partial charge in [-0.2, -0.15) is 3.97 Å². The Morgan fingerprint density at radius 1 is 1.29 bits per heavy atom. The molecule has 0 amide bonds. The lowest BCUT2D eigenvalue weighted by Gasteiger charge is -2.10. The molecule has 3 heterocycles. The highest BCUT2D eigenvalue weighted by molar-refractivity contribution is 9.10. The Balaban J connectivity index is 2.19. The highest BCUT2D eigenvalue weighted by atomic mass is 79.9. The molecule has 0 saturated heterocycles. The van der Waals surface area contributed by atoms with Gasteiger partial charge in [-0.25, -0.2) is 27.1 Å². The molecular weight excluding hydrogens is 453 g/mol. The van der Waals surface area contributed by atoms with Crippen molar-refractivity contribution in [2.45, 2.75) is 25.5 Å². The van der Waals surface area contributed by atoms with Crippen LogP contribution in [0.2, 0.25) is 0 Å². The van der Waals surface area contributed by atoms with E-state index in [0.717, 1.165) is 4.57 Å². The molecule has 0 fully saturated rings. The fourth-order valence-corrected chi connectivity index (χ4v) is 4.73. The Morgan fingerprint density at radius 2 is 2.04 bits per heavy atom. The average molecular weight is 468 g/mol. The van der Waals surface area contributed by atoms with Crippen LogP contribution in [0.15, 0.2) is 45.9 Å². The fourth-order valence-electron chi connectivity index (χ4n) is 2.95. The molecule has 0 aliphatic heterocycles. The maximum Gasteiger partial charge on any atom is 0.349 e. The molecule has 4 aromatic rings. The van der Waals surface area contributed by atoms with Gasteiger partial charge >= 0.3 is 5.69 Å². The number of rotatable bonds is 4. The van der Waals surface area contributed by atoms with E-state index in [1.807, 2.05) is 0 Å². The first-order chi connectivity index (χ1) is 13.3. The van der Waals surface area contributed by atoms with Crippen LogP contribution in [0.25, 0.3) is 22.5 Å². The van der Waals surface area contributed by atoms with E-state index in [1.165, 1.54) is 42.0 Å². The van der Waals surface area contributed by atoms with Crippen molar-refractivity contribution in [2.24, 2.45) is 0 Å². The maximum atomic E-state index is 14.6. The third kappa shape index (κ3) is 2.68. The predicted octanol–water partition coefficient (Wildman–Crippen LogP) is 2.71. The molecule has 146 valence electrons. The van der Waals surface area contributed by atoms with E-state index in [-0.39, 0.29) is 16.9 Å². The van der Waals surface area contributed by atoms with Gasteiger partial charge in [0.25, 0.3) is 0 Å². The number of fused-ring (bicyclic) bond motifs is 2. The van der Waals surface area contributed by atoms with Crippen LogP contribution in [0.3, 0.4) is 0 Å². The van der Waals surface area contributed by atoms with Crippen LogP contribution in [-0.2, 0) is 10.0 Å². The highest BCUT2D eigenvalue weighted by Gasteiger charge is 2.30. The van der Waals surface area contributed by atoms with E-state index >= 15 is 0 Å². The van der Waals surface area contributed by atoms with Gasteiger partial charge in [0, 0.05) is 22.9 Å². The molecule has 0 spiro atoms. The number of benzene rings is 1. The van der Waals surface area contributed by atoms with Crippen molar-refractivity contribution in [1.82, 2.24) is 23.1 Å². The van der Waals surface area contributed by atoms with Gasteiger partial charge in [-0.05, 0) is 31.5 Å². The molecule has 0 N–H and O–H groups in total. The van der Waals surface area contributed by atoms with Crippen LogP contribution < -0.4 is 5.69 Å². The van der Waals surface area contributed by atoms with Crippen molar-refractivity contribution in [3.05, 3.63) is 57.4 Å². The number of halogens is 2. The molecular formula is C17H15BrFN5O3S. The lowest BCUT2D eigenvalue weighted by Crippen LogP contribution is -2.34. The van der Waals surface area contributed by atoms with Crippen molar-refractivity contribution in [3.8, 4) is 5.69 Å². The number of nitrogens with zero attached hydrogens (tertiary/aromatic N) is 5. The Bertz CT molecular complexity index is 1390. The zero-order valence-corrected chi connectivity index (χ0v) is 17.3. The van der Waals surface area contributed by atoms with Crippen LogP contribution in [0, 0.1) is 5.82 Å². The molecule has 0 bridgehead atoms.